The van der Waals surface area contributed by atoms with E-state index in [2.05, 4.69) is 15.5 Å². The maximum atomic E-state index is 12.3. The number of rotatable bonds is 6. The molecule has 2 aromatic heterocycles. The number of hydrogen-bond donors (Lipinski definition) is 1. The summed E-state index contributed by atoms with van der Waals surface area (Å²) in [5, 5.41) is 21.9. The summed E-state index contributed by atoms with van der Waals surface area (Å²) in [6.07, 6.45) is 4.41. The Kier molecular flexibility index (Phi) is 4.78. The molecule has 2 heterocycles. The van der Waals surface area contributed by atoms with Gasteiger partial charge in [-0.3, -0.25) is 24.3 Å². The van der Waals surface area contributed by atoms with E-state index in [9.17, 15) is 14.9 Å². The summed E-state index contributed by atoms with van der Waals surface area (Å²) in [5.41, 5.74) is 2.16. The zero-order valence-electron chi connectivity index (χ0n) is 14.4. The minimum absolute atomic E-state index is 0.219. The smallest absolute Gasteiger partial charge is 0.318 e. The minimum Gasteiger partial charge on any atom is -0.318 e. The summed E-state index contributed by atoms with van der Waals surface area (Å²) >= 11 is 0. The van der Waals surface area contributed by atoms with E-state index in [4.69, 9.17) is 0 Å². The van der Waals surface area contributed by atoms with Crippen molar-refractivity contribution >= 4 is 17.3 Å². The fourth-order valence-electron chi connectivity index (χ4n) is 2.45. The van der Waals surface area contributed by atoms with Crippen molar-refractivity contribution in [1.82, 2.24) is 19.6 Å². The Morgan fingerprint density at radius 1 is 1.23 bits per heavy atom. The van der Waals surface area contributed by atoms with Crippen molar-refractivity contribution in [3.63, 3.8) is 0 Å². The Balaban J connectivity index is 1.72. The number of aromatic nitrogens is 4. The van der Waals surface area contributed by atoms with Gasteiger partial charge in [0.1, 0.15) is 6.20 Å². The Hall–Kier alpha value is -3.49. The van der Waals surface area contributed by atoms with E-state index < -0.39 is 10.8 Å². The number of nitro groups is 1. The van der Waals surface area contributed by atoms with Gasteiger partial charge in [0.05, 0.1) is 23.4 Å². The average Bonchev–Trinajstić information content (AvgIpc) is 3.23. The van der Waals surface area contributed by atoms with Crippen molar-refractivity contribution in [3.05, 3.63) is 69.8 Å². The van der Waals surface area contributed by atoms with Gasteiger partial charge in [-0.25, -0.2) is 0 Å². The summed E-state index contributed by atoms with van der Waals surface area (Å²) in [4.78, 5) is 22.8. The van der Waals surface area contributed by atoms with Crippen LogP contribution in [0.25, 0.3) is 0 Å². The molecule has 0 aliphatic rings. The minimum atomic E-state index is -0.640. The van der Waals surface area contributed by atoms with Crippen LogP contribution in [0.1, 0.15) is 28.5 Å². The van der Waals surface area contributed by atoms with Crippen LogP contribution in [0.3, 0.4) is 0 Å². The van der Waals surface area contributed by atoms with E-state index in [1.165, 1.54) is 22.6 Å². The van der Waals surface area contributed by atoms with Gasteiger partial charge >= 0.3 is 5.69 Å². The second kappa shape index (κ2) is 7.18. The molecule has 1 amide bonds. The third-order valence-electron chi connectivity index (χ3n) is 3.83. The molecule has 0 bridgehead atoms. The summed E-state index contributed by atoms with van der Waals surface area (Å²) in [6, 6.07) is 8.06. The number of benzene rings is 1. The maximum Gasteiger partial charge on any atom is 0.320 e. The maximum absolute atomic E-state index is 12.3. The number of carbonyl (C=O) groups excluding carboxylic acids is 1. The normalized spacial score (nSPS) is 10.7. The first-order chi connectivity index (χ1) is 12.5. The van der Waals surface area contributed by atoms with E-state index in [0.717, 1.165) is 5.56 Å². The molecule has 0 spiro atoms. The molecule has 9 heteroatoms. The molecule has 0 aliphatic heterocycles. The second-order valence-corrected chi connectivity index (χ2v) is 5.84. The largest absolute Gasteiger partial charge is 0.320 e. The third-order valence-corrected chi connectivity index (χ3v) is 3.83. The van der Waals surface area contributed by atoms with Gasteiger partial charge in [-0.05, 0) is 19.4 Å². The fraction of sp³-hybridized carbons (Fsp3) is 0.235. The Bertz CT molecular complexity index is 942. The van der Waals surface area contributed by atoms with Crippen LogP contribution in [-0.4, -0.2) is 30.4 Å². The number of anilines is 1. The lowest BCUT2D eigenvalue weighted by Crippen LogP contribution is -2.14. The fourth-order valence-corrected chi connectivity index (χ4v) is 2.45. The molecule has 26 heavy (non-hydrogen) atoms. The number of amides is 1. The molecule has 0 aliphatic carbocycles. The zero-order valence-corrected chi connectivity index (χ0v) is 14.4. The molecule has 134 valence electrons. The van der Waals surface area contributed by atoms with Crippen LogP contribution in [0.5, 0.6) is 0 Å². The molecule has 1 aromatic carbocycles. The van der Waals surface area contributed by atoms with Crippen molar-refractivity contribution in [2.45, 2.75) is 26.9 Å². The quantitative estimate of drug-likeness (QED) is 0.541. The van der Waals surface area contributed by atoms with Crippen molar-refractivity contribution in [2.24, 2.45) is 0 Å². The van der Waals surface area contributed by atoms with Crippen LogP contribution >= 0.6 is 0 Å². The van der Waals surface area contributed by atoms with Crippen LogP contribution in [0.15, 0.2) is 42.9 Å². The van der Waals surface area contributed by atoms with E-state index in [1.54, 1.807) is 17.8 Å². The van der Waals surface area contributed by atoms with Gasteiger partial charge in [-0.1, -0.05) is 29.8 Å². The van der Waals surface area contributed by atoms with Crippen molar-refractivity contribution in [1.29, 1.82) is 0 Å². The van der Waals surface area contributed by atoms with Crippen LogP contribution in [0.4, 0.5) is 11.4 Å². The Morgan fingerprint density at radius 3 is 2.62 bits per heavy atom. The van der Waals surface area contributed by atoms with Gasteiger partial charge < -0.3 is 5.32 Å². The molecular weight excluding hydrogens is 336 g/mol. The molecule has 0 fully saturated rings. The van der Waals surface area contributed by atoms with Crippen molar-refractivity contribution in [2.75, 3.05) is 5.32 Å². The first kappa shape index (κ1) is 17.3. The molecule has 0 unspecified atom stereocenters. The van der Waals surface area contributed by atoms with Gasteiger partial charge in [0.25, 0.3) is 5.91 Å². The predicted octanol–water partition coefficient (Wildman–Crippen LogP) is 2.62. The monoisotopic (exact) mass is 354 g/mol. The van der Waals surface area contributed by atoms with Gasteiger partial charge in [0.15, 0.2) is 0 Å². The van der Waals surface area contributed by atoms with E-state index in [-0.39, 0.29) is 11.4 Å². The summed E-state index contributed by atoms with van der Waals surface area (Å²) < 4.78 is 3.03. The average molecular weight is 354 g/mol. The molecule has 0 saturated carbocycles. The van der Waals surface area contributed by atoms with E-state index >= 15 is 0 Å². The number of carbonyl (C=O) groups is 1. The highest BCUT2D eigenvalue weighted by Gasteiger charge is 2.25. The predicted molar refractivity (Wildman–Crippen MR) is 95.0 cm³/mol. The van der Waals surface area contributed by atoms with Crippen LogP contribution in [0.2, 0.25) is 0 Å². The molecule has 0 saturated heterocycles. The highest BCUT2D eigenvalue weighted by atomic mass is 16.6. The number of nitrogens with one attached hydrogen (secondary N) is 1. The van der Waals surface area contributed by atoms with Gasteiger partial charge in [-0.15, -0.1) is 0 Å². The molecule has 9 nitrogen and oxygen atoms in total. The molecule has 3 rings (SSSR count). The summed E-state index contributed by atoms with van der Waals surface area (Å²) in [7, 11) is 0. The Morgan fingerprint density at radius 2 is 1.96 bits per heavy atom. The number of hydrogen-bond acceptors (Lipinski definition) is 5. The topological polar surface area (TPSA) is 108 Å². The Labute approximate surface area is 149 Å². The molecule has 0 radical (unpaired) electrons. The molecule has 1 N–H and O–H groups in total. The number of nitrogens with zero attached hydrogens (tertiary/aromatic N) is 5. The summed E-state index contributed by atoms with van der Waals surface area (Å²) in [6.45, 7) is 4.79. The van der Waals surface area contributed by atoms with E-state index in [1.807, 2.05) is 31.2 Å². The van der Waals surface area contributed by atoms with Gasteiger partial charge in [0.2, 0.25) is 5.69 Å². The molecule has 0 atom stereocenters. The summed E-state index contributed by atoms with van der Waals surface area (Å²) in [5.74, 6) is -0.640. The van der Waals surface area contributed by atoms with Crippen LogP contribution < -0.4 is 5.32 Å². The lowest BCUT2D eigenvalue weighted by molar-refractivity contribution is -0.385. The van der Waals surface area contributed by atoms with Gasteiger partial charge in [-0.2, -0.15) is 10.2 Å². The lowest BCUT2D eigenvalue weighted by atomic mass is 10.1. The zero-order chi connectivity index (χ0) is 18.7. The van der Waals surface area contributed by atoms with Crippen LogP contribution in [-0.2, 0) is 13.1 Å². The molecular formula is C17H18N6O3. The van der Waals surface area contributed by atoms with Crippen LogP contribution in [0, 0.1) is 17.0 Å². The second-order valence-electron chi connectivity index (χ2n) is 5.84. The van der Waals surface area contributed by atoms with E-state index in [0.29, 0.717) is 18.8 Å². The standard InChI is InChI=1S/C17H18N6O3/c1-3-21-11-15(23(25)26)16(20-21)17(24)19-14-8-18-22(10-14)9-13-6-4-12(2)5-7-13/h4-8,10-11H,3,9H2,1-2H3,(H,19,24). The van der Waals surface area contributed by atoms with Crippen molar-refractivity contribution in [3.8, 4) is 0 Å². The first-order valence-corrected chi connectivity index (χ1v) is 8.07. The van der Waals surface area contributed by atoms with Crippen molar-refractivity contribution < 1.29 is 9.72 Å². The lowest BCUT2D eigenvalue weighted by Gasteiger charge is -2.02. The highest BCUT2D eigenvalue weighted by Crippen LogP contribution is 2.18. The van der Waals surface area contributed by atoms with Gasteiger partial charge in [0, 0.05) is 12.7 Å². The SMILES string of the molecule is CCn1cc([N+](=O)[O-])c(C(=O)Nc2cnn(Cc3ccc(C)cc3)c2)n1. The third kappa shape index (κ3) is 3.77. The number of aryl methyl sites for hydroxylation is 2. The highest BCUT2D eigenvalue weighted by molar-refractivity contribution is 6.05. The molecule has 3 aromatic rings. The first-order valence-electron chi connectivity index (χ1n) is 8.07.